The molecule has 2 rings (SSSR count). The first kappa shape index (κ1) is 15.5. The molecule has 0 unspecified atom stereocenters. The van der Waals surface area contributed by atoms with Crippen LogP contribution < -0.4 is 0 Å². The molecule has 1 aliphatic heterocycles. The Bertz CT molecular complexity index is 571. The third kappa shape index (κ3) is 2.75. The maximum absolute atomic E-state index is 12.8. The SMILES string of the molecule is CCCN1CCN(S(=O)(=O)c2c(C)nn(C)c2C)CC1. The number of hydrogen-bond donors (Lipinski definition) is 0. The van der Waals surface area contributed by atoms with E-state index in [2.05, 4.69) is 16.9 Å². The van der Waals surface area contributed by atoms with Crippen molar-refractivity contribution in [2.24, 2.45) is 7.05 Å². The van der Waals surface area contributed by atoms with E-state index in [1.165, 1.54) is 0 Å². The standard InChI is InChI=1S/C13H24N4O2S/c1-5-6-16-7-9-17(10-8-16)20(18,19)13-11(2)14-15(4)12(13)3/h5-10H2,1-4H3. The molecule has 1 aromatic rings. The minimum absolute atomic E-state index is 0.379. The van der Waals surface area contributed by atoms with Gasteiger partial charge in [-0.15, -0.1) is 0 Å². The summed E-state index contributed by atoms with van der Waals surface area (Å²) in [6.45, 7) is 9.50. The highest BCUT2D eigenvalue weighted by atomic mass is 32.2. The van der Waals surface area contributed by atoms with Gasteiger partial charge in [-0.25, -0.2) is 8.42 Å². The van der Waals surface area contributed by atoms with Gasteiger partial charge in [-0.2, -0.15) is 9.40 Å². The summed E-state index contributed by atoms with van der Waals surface area (Å²) < 4.78 is 28.7. The summed E-state index contributed by atoms with van der Waals surface area (Å²) in [4.78, 5) is 2.69. The summed E-state index contributed by atoms with van der Waals surface area (Å²) in [6.07, 6.45) is 1.10. The van der Waals surface area contributed by atoms with Gasteiger partial charge in [-0.05, 0) is 26.8 Å². The topological polar surface area (TPSA) is 58.4 Å². The molecule has 0 bridgehead atoms. The molecule has 0 atom stereocenters. The summed E-state index contributed by atoms with van der Waals surface area (Å²) in [5.41, 5.74) is 1.29. The van der Waals surface area contributed by atoms with Crippen LogP contribution in [0.25, 0.3) is 0 Å². The first-order chi connectivity index (χ1) is 9.37. The Morgan fingerprint density at radius 2 is 1.75 bits per heavy atom. The second-order valence-electron chi connectivity index (χ2n) is 5.37. The molecule has 114 valence electrons. The van der Waals surface area contributed by atoms with Gasteiger partial charge >= 0.3 is 0 Å². The highest BCUT2D eigenvalue weighted by molar-refractivity contribution is 7.89. The number of rotatable bonds is 4. The van der Waals surface area contributed by atoms with E-state index in [-0.39, 0.29) is 0 Å². The highest BCUT2D eigenvalue weighted by Crippen LogP contribution is 2.23. The number of aromatic nitrogens is 2. The van der Waals surface area contributed by atoms with Crippen LogP contribution in [0.5, 0.6) is 0 Å². The third-order valence-corrected chi connectivity index (χ3v) is 6.06. The van der Waals surface area contributed by atoms with Gasteiger partial charge in [0.05, 0.1) is 11.4 Å². The van der Waals surface area contributed by atoms with Crippen LogP contribution >= 0.6 is 0 Å². The number of sulfonamides is 1. The van der Waals surface area contributed by atoms with Crippen molar-refractivity contribution >= 4 is 10.0 Å². The number of aryl methyl sites for hydroxylation is 2. The Hall–Kier alpha value is -0.920. The zero-order valence-electron chi connectivity index (χ0n) is 12.8. The van der Waals surface area contributed by atoms with Crippen LogP contribution in [0.4, 0.5) is 0 Å². The van der Waals surface area contributed by atoms with Crippen LogP contribution in [-0.4, -0.2) is 60.1 Å². The van der Waals surface area contributed by atoms with Crippen LogP contribution in [0.15, 0.2) is 4.90 Å². The molecule has 1 fully saturated rings. The van der Waals surface area contributed by atoms with Crippen LogP contribution in [0.2, 0.25) is 0 Å². The second kappa shape index (κ2) is 5.83. The van der Waals surface area contributed by atoms with Gasteiger partial charge in [0.25, 0.3) is 0 Å². The van der Waals surface area contributed by atoms with Crippen molar-refractivity contribution in [1.82, 2.24) is 19.0 Å². The molecule has 2 heterocycles. The molecule has 0 saturated carbocycles. The van der Waals surface area contributed by atoms with Crippen molar-refractivity contribution < 1.29 is 8.42 Å². The zero-order chi connectivity index (χ0) is 14.9. The molecule has 0 aliphatic carbocycles. The fourth-order valence-corrected chi connectivity index (χ4v) is 4.59. The number of nitrogens with zero attached hydrogens (tertiary/aromatic N) is 4. The molecule has 0 aromatic carbocycles. The van der Waals surface area contributed by atoms with E-state index in [9.17, 15) is 8.42 Å². The smallest absolute Gasteiger partial charge is 0.246 e. The average molecular weight is 300 g/mol. The predicted molar refractivity (Wildman–Crippen MR) is 78.2 cm³/mol. The zero-order valence-corrected chi connectivity index (χ0v) is 13.6. The lowest BCUT2D eigenvalue weighted by atomic mass is 10.3. The molecule has 7 heteroatoms. The molecular formula is C13H24N4O2S. The van der Waals surface area contributed by atoms with Gasteiger partial charge in [0.2, 0.25) is 10.0 Å². The summed E-state index contributed by atoms with van der Waals surface area (Å²) >= 11 is 0. The minimum atomic E-state index is -3.42. The second-order valence-corrected chi connectivity index (χ2v) is 7.24. The molecule has 0 amide bonds. The van der Waals surface area contributed by atoms with Crippen molar-refractivity contribution in [2.75, 3.05) is 32.7 Å². The lowest BCUT2D eigenvalue weighted by molar-refractivity contribution is 0.188. The first-order valence-electron chi connectivity index (χ1n) is 7.10. The van der Waals surface area contributed by atoms with Gasteiger partial charge in [-0.1, -0.05) is 6.92 Å². The molecule has 0 radical (unpaired) electrons. The van der Waals surface area contributed by atoms with Crippen molar-refractivity contribution in [3.63, 3.8) is 0 Å². The normalized spacial score (nSPS) is 18.6. The Labute approximate surface area is 121 Å². The van der Waals surface area contributed by atoms with E-state index in [1.807, 2.05) is 0 Å². The highest BCUT2D eigenvalue weighted by Gasteiger charge is 2.32. The lowest BCUT2D eigenvalue weighted by Crippen LogP contribution is -2.48. The quantitative estimate of drug-likeness (QED) is 0.823. The maximum Gasteiger partial charge on any atom is 0.246 e. The summed E-state index contributed by atoms with van der Waals surface area (Å²) in [5, 5.41) is 4.22. The Morgan fingerprint density at radius 3 is 2.20 bits per heavy atom. The molecule has 0 spiro atoms. The Morgan fingerprint density at radius 1 is 1.15 bits per heavy atom. The Kier molecular flexibility index (Phi) is 4.51. The third-order valence-electron chi connectivity index (χ3n) is 3.91. The number of hydrogen-bond acceptors (Lipinski definition) is 4. The van der Waals surface area contributed by atoms with Crippen molar-refractivity contribution in [3.05, 3.63) is 11.4 Å². The van der Waals surface area contributed by atoms with E-state index in [4.69, 9.17) is 0 Å². The van der Waals surface area contributed by atoms with Crippen molar-refractivity contribution in [1.29, 1.82) is 0 Å². The fourth-order valence-electron chi connectivity index (χ4n) is 2.77. The van der Waals surface area contributed by atoms with E-state index in [0.29, 0.717) is 29.4 Å². The molecule has 0 N–H and O–H groups in total. The largest absolute Gasteiger partial charge is 0.301 e. The van der Waals surface area contributed by atoms with E-state index in [0.717, 1.165) is 26.1 Å². The molecule has 1 aromatic heterocycles. The Balaban J connectivity index is 2.20. The van der Waals surface area contributed by atoms with Gasteiger partial charge in [-0.3, -0.25) is 4.68 Å². The number of piperazine rings is 1. The van der Waals surface area contributed by atoms with Crippen molar-refractivity contribution in [3.8, 4) is 0 Å². The molecule has 6 nitrogen and oxygen atoms in total. The van der Waals surface area contributed by atoms with E-state index < -0.39 is 10.0 Å². The van der Waals surface area contributed by atoms with Gasteiger partial charge in [0.1, 0.15) is 4.90 Å². The van der Waals surface area contributed by atoms with E-state index >= 15 is 0 Å². The maximum atomic E-state index is 12.8. The molecule has 1 aliphatic rings. The van der Waals surface area contributed by atoms with Gasteiger partial charge in [0, 0.05) is 33.2 Å². The predicted octanol–water partition coefficient (Wildman–Crippen LogP) is 0.753. The monoisotopic (exact) mass is 300 g/mol. The van der Waals surface area contributed by atoms with Crippen LogP contribution in [0.3, 0.4) is 0 Å². The summed E-state index contributed by atoms with van der Waals surface area (Å²) in [6, 6.07) is 0. The molecule has 1 saturated heterocycles. The van der Waals surface area contributed by atoms with Crippen LogP contribution in [0, 0.1) is 13.8 Å². The van der Waals surface area contributed by atoms with Crippen molar-refractivity contribution in [2.45, 2.75) is 32.1 Å². The summed E-state index contributed by atoms with van der Waals surface area (Å²) in [5.74, 6) is 0. The van der Waals surface area contributed by atoms with Gasteiger partial charge in [0.15, 0.2) is 0 Å². The van der Waals surface area contributed by atoms with E-state index in [1.54, 1.807) is 29.9 Å². The average Bonchev–Trinajstić information content (AvgIpc) is 2.64. The molecular weight excluding hydrogens is 276 g/mol. The van der Waals surface area contributed by atoms with Crippen LogP contribution in [0.1, 0.15) is 24.7 Å². The molecule has 20 heavy (non-hydrogen) atoms. The van der Waals surface area contributed by atoms with Gasteiger partial charge < -0.3 is 4.90 Å². The summed E-state index contributed by atoms with van der Waals surface area (Å²) in [7, 11) is -1.64. The first-order valence-corrected chi connectivity index (χ1v) is 8.54. The van der Waals surface area contributed by atoms with Crippen LogP contribution in [-0.2, 0) is 17.1 Å². The minimum Gasteiger partial charge on any atom is -0.301 e. The fraction of sp³-hybridized carbons (Fsp3) is 0.769. The lowest BCUT2D eigenvalue weighted by Gasteiger charge is -2.33.